The maximum Gasteiger partial charge on any atom is 0.230 e. The summed E-state index contributed by atoms with van der Waals surface area (Å²) < 4.78 is 5.35. The summed E-state index contributed by atoms with van der Waals surface area (Å²) in [6, 6.07) is 0. The van der Waals surface area contributed by atoms with Gasteiger partial charge in [0, 0.05) is 4.75 Å². The molecule has 0 aromatic carbocycles. The molecule has 1 aromatic rings. The first kappa shape index (κ1) is 13.1. The molecule has 4 nitrogen and oxygen atoms in total. The van der Waals surface area contributed by atoms with Gasteiger partial charge in [0.1, 0.15) is 5.76 Å². The molecule has 1 heterocycles. The number of nitrogens with zero attached hydrogens (tertiary/aromatic N) is 1. The van der Waals surface area contributed by atoms with Gasteiger partial charge in [-0.15, -0.1) is 11.8 Å². The second-order valence-corrected chi connectivity index (χ2v) is 6.34. The highest BCUT2D eigenvalue weighted by Crippen LogP contribution is 2.22. The van der Waals surface area contributed by atoms with Crippen molar-refractivity contribution in [2.75, 3.05) is 5.75 Å². The molecule has 0 saturated carbocycles. The highest BCUT2D eigenvalue weighted by molar-refractivity contribution is 8.01. The van der Waals surface area contributed by atoms with Crippen LogP contribution < -0.4 is 5.32 Å². The molecule has 90 valence electrons. The second-order valence-electron chi connectivity index (χ2n) is 4.54. The van der Waals surface area contributed by atoms with Crippen LogP contribution in [0, 0.1) is 6.92 Å². The van der Waals surface area contributed by atoms with Gasteiger partial charge < -0.3 is 9.73 Å². The van der Waals surface area contributed by atoms with Crippen LogP contribution in [0.25, 0.3) is 0 Å². The van der Waals surface area contributed by atoms with Crippen molar-refractivity contribution in [2.45, 2.75) is 39.0 Å². The van der Waals surface area contributed by atoms with E-state index in [2.05, 4.69) is 31.1 Å². The number of aryl methyl sites for hydroxylation is 1. The van der Waals surface area contributed by atoms with E-state index in [1.807, 2.05) is 6.92 Å². The maximum atomic E-state index is 11.5. The summed E-state index contributed by atoms with van der Waals surface area (Å²) in [5.74, 6) is 1.78. The number of oxazole rings is 1. The smallest absolute Gasteiger partial charge is 0.230 e. The molecule has 0 saturated heterocycles. The average molecular weight is 242 g/mol. The van der Waals surface area contributed by atoms with Crippen LogP contribution in [0.2, 0.25) is 0 Å². The first-order valence-electron chi connectivity index (χ1n) is 5.19. The predicted octanol–water partition coefficient (Wildman–Crippen LogP) is 2.13. The molecule has 1 rings (SSSR count). The average Bonchev–Trinajstić information content (AvgIpc) is 2.57. The fourth-order valence-corrected chi connectivity index (χ4v) is 1.66. The summed E-state index contributed by atoms with van der Waals surface area (Å²) in [6.07, 6.45) is 1.64. The van der Waals surface area contributed by atoms with E-state index >= 15 is 0 Å². The molecule has 0 spiro atoms. The molecule has 1 N–H and O–H groups in total. The van der Waals surface area contributed by atoms with Gasteiger partial charge in [0.2, 0.25) is 11.8 Å². The summed E-state index contributed by atoms with van der Waals surface area (Å²) in [7, 11) is 0. The minimum Gasteiger partial charge on any atom is -0.444 e. The van der Waals surface area contributed by atoms with Crippen LogP contribution >= 0.6 is 11.8 Å². The van der Waals surface area contributed by atoms with Crippen LogP contribution in [0.4, 0.5) is 0 Å². The van der Waals surface area contributed by atoms with Crippen molar-refractivity contribution in [3.8, 4) is 0 Å². The molecule has 1 aromatic heterocycles. The topological polar surface area (TPSA) is 55.1 Å². The number of thioether (sulfide) groups is 1. The van der Waals surface area contributed by atoms with Crippen LogP contribution in [-0.2, 0) is 11.3 Å². The SMILES string of the molecule is Cc1cnc(CNC(=O)CSC(C)(C)C)o1. The van der Waals surface area contributed by atoms with E-state index in [9.17, 15) is 4.79 Å². The van der Waals surface area contributed by atoms with Gasteiger partial charge in [-0.3, -0.25) is 4.79 Å². The summed E-state index contributed by atoms with van der Waals surface area (Å²) in [4.78, 5) is 15.5. The van der Waals surface area contributed by atoms with Crippen molar-refractivity contribution in [1.29, 1.82) is 0 Å². The summed E-state index contributed by atoms with van der Waals surface area (Å²) >= 11 is 1.62. The zero-order chi connectivity index (χ0) is 12.2. The molecule has 0 aliphatic carbocycles. The van der Waals surface area contributed by atoms with Crippen LogP contribution in [0.15, 0.2) is 10.6 Å². The first-order valence-corrected chi connectivity index (χ1v) is 6.17. The molecule has 0 atom stereocenters. The number of amides is 1. The quantitative estimate of drug-likeness (QED) is 0.878. The van der Waals surface area contributed by atoms with Crippen molar-refractivity contribution in [3.05, 3.63) is 17.8 Å². The molecule has 1 amide bonds. The molecule has 0 unspecified atom stereocenters. The lowest BCUT2D eigenvalue weighted by molar-refractivity contribution is -0.118. The minimum atomic E-state index is 0.00998. The molecule has 0 aliphatic heterocycles. The number of hydrogen-bond acceptors (Lipinski definition) is 4. The van der Waals surface area contributed by atoms with Gasteiger partial charge in [0.25, 0.3) is 0 Å². The van der Waals surface area contributed by atoms with Crippen molar-refractivity contribution in [3.63, 3.8) is 0 Å². The molecule has 0 radical (unpaired) electrons. The van der Waals surface area contributed by atoms with E-state index in [1.54, 1.807) is 18.0 Å². The summed E-state index contributed by atoms with van der Waals surface area (Å²) in [5.41, 5.74) is 0. The van der Waals surface area contributed by atoms with E-state index in [-0.39, 0.29) is 10.7 Å². The number of carbonyl (C=O) groups is 1. The highest BCUT2D eigenvalue weighted by Gasteiger charge is 2.13. The number of carbonyl (C=O) groups excluding carboxylic acids is 1. The van der Waals surface area contributed by atoms with Crippen molar-refractivity contribution >= 4 is 17.7 Å². The number of rotatable bonds is 4. The van der Waals surface area contributed by atoms with E-state index in [0.29, 0.717) is 18.2 Å². The van der Waals surface area contributed by atoms with Crippen LogP contribution in [0.3, 0.4) is 0 Å². The highest BCUT2D eigenvalue weighted by atomic mass is 32.2. The van der Waals surface area contributed by atoms with Gasteiger partial charge in [-0.05, 0) is 6.92 Å². The van der Waals surface area contributed by atoms with Crippen LogP contribution in [0.1, 0.15) is 32.4 Å². The maximum absolute atomic E-state index is 11.5. The lowest BCUT2D eigenvalue weighted by Crippen LogP contribution is -2.26. The Balaban J connectivity index is 2.25. The third kappa shape index (κ3) is 5.21. The van der Waals surface area contributed by atoms with Gasteiger partial charge in [0.05, 0.1) is 18.5 Å². The van der Waals surface area contributed by atoms with Gasteiger partial charge in [-0.1, -0.05) is 20.8 Å². The Kier molecular flexibility index (Phi) is 4.41. The van der Waals surface area contributed by atoms with Gasteiger partial charge in [-0.2, -0.15) is 0 Å². The number of hydrogen-bond donors (Lipinski definition) is 1. The Morgan fingerprint density at radius 1 is 1.56 bits per heavy atom. The molecular weight excluding hydrogens is 224 g/mol. The second kappa shape index (κ2) is 5.39. The lowest BCUT2D eigenvalue weighted by Gasteiger charge is -2.16. The summed E-state index contributed by atoms with van der Waals surface area (Å²) in [6.45, 7) is 8.44. The van der Waals surface area contributed by atoms with Gasteiger partial charge in [-0.25, -0.2) is 4.98 Å². The van der Waals surface area contributed by atoms with Crippen LogP contribution in [0.5, 0.6) is 0 Å². The standard InChI is InChI=1S/C11H18N2O2S/c1-8-5-13-10(15-8)6-12-9(14)7-16-11(2,3)4/h5H,6-7H2,1-4H3,(H,12,14). The first-order chi connectivity index (χ1) is 7.37. The number of aromatic nitrogens is 1. The van der Waals surface area contributed by atoms with Crippen molar-refractivity contribution < 1.29 is 9.21 Å². The molecule has 0 fully saturated rings. The third-order valence-electron chi connectivity index (χ3n) is 1.74. The minimum absolute atomic E-state index is 0.00998. The molecular formula is C11H18N2O2S. The molecule has 16 heavy (non-hydrogen) atoms. The Labute approximate surface area is 100 Å². The molecule has 5 heteroatoms. The number of nitrogens with one attached hydrogen (secondary N) is 1. The predicted molar refractivity (Wildman–Crippen MR) is 65.3 cm³/mol. The molecule has 0 bridgehead atoms. The fourth-order valence-electron chi connectivity index (χ4n) is 0.990. The monoisotopic (exact) mass is 242 g/mol. The molecule has 0 aliphatic rings. The van der Waals surface area contributed by atoms with Crippen molar-refractivity contribution in [1.82, 2.24) is 10.3 Å². The largest absolute Gasteiger partial charge is 0.444 e. The Bertz CT molecular complexity index is 355. The zero-order valence-electron chi connectivity index (χ0n) is 10.2. The van der Waals surface area contributed by atoms with E-state index in [4.69, 9.17) is 4.42 Å². The van der Waals surface area contributed by atoms with E-state index in [0.717, 1.165) is 5.76 Å². The van der Waals surface area contributed by atoms with Gasteiger partial charge >= 0.3 is 0 Å². The lowest BCUT2D eigenvalue weighted by atomic mass is 10.3. The fraction of sp³-hybridized carbons (Fsp3) is 0.636. The van der Waals surface area contributed by atoms with E-state index in [1.165, 1.54) is 0 Å². The third-order valence-corrected chi connectivity index (χ3v) is 3.01. The van der Waals surface area contributed by atoms with Crippen molar-refractivity contribution in [2.24, 2.45) is 0 Å². The Morgan fingerprint density at radius 3 is 2.75 bits per heavy atom. The van der Waals surface area contributed by atoms with E-state index < -0.39 is 0 Å². The van der Waals surface area contributed by atoms with Gasteiger partial charge in [0.15, 0.2) is 0 Å². The van der Waals surface area contributed by atoms with Crippen LogP contribution in [-0.4, -0.2) is 21.4 Å². The normalized spacial score (nSPS) is 11.5. The summed E-state index contributed by atoms with van der Waals surface area (Å²) in [5, 5.41) is 2.77. The Morgan fingerprint density at radius 2 is 2.25 bits per heavy atom. The zero-order valence-corrected chi connectivity index (χ0v) is 11.0. The Hall–Kier alpha value is -0.970.